The number of carbonyl (C=O) groups excluding carboxylic acids is 1. The van der Waals surface area contributed by atoms with Gasteiger partial charge in [-0.3, -0.25) is 9.59 Å². The topological polar surface area (TPSA) is 66.4 Å². The molecule has 2 N–H and O–H groups in total. The van der Waals surface area contributed by atoms with E-state index in [2.05, 4.69) is 5.32 Å². The Morgan fingerprint density at radius 2 is 1.45 bits per heavy atom. The monoisotopic (exact) mass is 269 g/mol. The molecule has 0 fully saturated rings. The van der Waals surface area contributed by atoms with Crippen LogP contribution in [0.15, 0.2) is 48.5 Å². The molecule has 0 aliphatic rings. The fourth-order valence-electron chi connectivity index (χ4n) is 1.79. The molecule has 0 saturated carbocycles. The Morgan fingerprint density at radius 1 is 0.950 bits per heavy atom. The summed E-state index contributed by atoms with van der Waals surface area (Å²) < 4.78 is 0. The molecule has 20 heavy (non-hydrogen) atoms. The first-order valence-corrected chi connectivity index (χ1v) is 6.23. The molecule has 0 atom stereocenters. The number of benzene rings is 2. The maximum absolute atomic E-state index is 12.2. The summed E-state index contributed by atoms with van der Waals surface area (Å²) in [6, 6.07) is 14.2. The van der Waals surface area contributed by atoms with Gasteiger partial charge in [0.15, 0.2) is 5.78 Å². The van der Waals surface area contributed by atoms with Crippen LogP contribution in [-0.2, 0) is 4.79 Å². The highest BCUT2D eigenvalue weighted by molar-refractivity contribution is 6.09. The minimum atomic E-state index is -0.926. The number of aryl methyl sites for hydroxylation is 1. The Balaban J connectivity index is 2.11. The van der Waals surface area contributed by atoms with Crippen molar-refractivity contribution in [3.63, 3.8) is 0 Å². The predicted molar refractivity (Wildman–Crippen MR) is 77.2 cm³/mol. The number of ketones is 1. The van der Waals surface area contributed by atoms with Crippen molar-refractivity contribution in [1.82, 2.24) is 0 Å². The first kappa shape index (κ1) is 13.8. The van der Waals surface area contributed by atoms with E-state index in [1.165, 1.54) is 0 Å². The first-order valence-electron chi connectivity index (χ1n) is 6.23. The number of aliphatic carboxylic acids is 1. The molecule has 0 radical (unpaired) electrons. The van der Waals surface area contributed by atoms with E-state index in [0.29, 0.717) is 16.8 Å². The molecule has 0 amide bonds. The zero-order valence-corrected chi connectivity index (χ0v) is 11.1. The summed E-state index contributed by atoms with van der Waals surface area (Å²) in [6.45, 7) is 1.82. The number of hydrogen-bond acceptors (Lipinski definition) is 3. The summed E-state index contributed by atoms with van der Waals surface area (Å²) in [4.78, 5) is 22.7. The van der Waals surface area contributed by atoms with Crippen molar-refractivity contribution in [2.45, 2.75) is 6.92 Å². The Morgan fingerprint density at radius 3 is 1.95 bits per heavy atom. The second-order valence-electron chi connectivity index (χ2n) is 4.52. The van der Waals surface area contributed by atoms with Gasteiger partial charge in [0.25, 0.3) is 0 Å². The first-order chi connectivity index (χ1) is 9.56. The van der Waals surface area contributed by atoms with E-state index >= 15 is 0 Å². The predicted octanol–water partition coefficient (Wildman–Crippen LogP) is 2.72. The number of anilines is 1. The van der Waals surface area contributed by atoms with Gasteiger partial charge in [-0.25, -0.2) is 0 Å². The smallest absolute Gasteiger partial charge is 0.322 e. The molecular weight excluding hydrogens is 254 g/mol. The van der Waals surface area contributed by atoms with E-state index < -0.39 is 5.97 Å². The van der Waals surface area contributed by atoms with Gasteiger partial charge in [-0.2, -0.15) is 0 Å². The fourth-order valence-corrected chi connectivity index (χ4v) is 1.79. The molecule has 4 nitrogen and oxygen atoms in total. The van der Waals surface area contributed by atoms with Crippen molar-refractivity contribution in [2.75, 3.05) is 11.9 Å². The molecule has 0 unspecified atom stereocenters. The molecule has 0 aliphatic heterocycles. The van der Waals surface area contributed by atoms with Crippen LogP contribution in [0.1, 0.15) is 21.5 Å². The number of carboxylic acid groups (broad SMARTS) is 1. The third kappa shape index (κ3) is 3.45. The van der Waals surface area contributed by atoms with Gasteiger partial charge < -0.3 is 10.4 Å². The third-order valence-electron chi connectivity index (χ3n) is 2.90. The van der Waals surface area contributed by atoms with Crippen LogP contribution in [0.4, 0.5) is 5.69 Å². The number of rotatable bonds is 5. The van der Waals surface area contributed by atoms with Crippen LogP contribution in [0.3, 0.4) is 0 Å². The SMILES string of the molecule is Cc1ccc(C(=O)c2ccc(NCC(=O)O)cc2)cc1. The second kappa shape index (κ2) is 6.02. The van der Waals surface area contributed by atoms with Crippen LogP contribution in [0, 0.1) is 6.92 Å². The zero-order valence-electron chi connectivity index (χ0n) is 11.1. The number of nitrogens with one attached hydrogen (secondary N) is 1. The summed E-state index contributed by atoms with van der Waals surface area (Å²) in [5, 5.41) is 11.3. The Hall–Kier alpha value is -2.62. The molecule has 0 bridgehead atoms. The van der Waals surface area contributed by atoms with Gasteiger partial charge in [0.05, 0.1) is 0 Å². The lowest BCUT2D eigenvalue weighted by molar-refractivity contribution is -0.134. The minimum Gasteiger partial charge on any atom is -0.480 e. The Bertz CT molecular complexity index is 615. The second-order valence-corrected chi connectivity index (χ2v) is 4.52. The van der Waals surface area contributed by atoms with Gasteiger partial charge in [0.1, 0.15) is 6.54 Å². The average Bonchev–Trinajstić information content (AvgIpc) is 2.46. The van der Waals surface area contributed by atoms with Gasteiger partial charge in [0.2, 0.25) is 0 Å². The van der Waals surface area contributed by atoms with Crippen molar-refractivity contribution in [1.29, 1.82) is 0 Å². The number of hydrogen-bond donors (Lipinski definition) is 2. The molecule has 2 aromatic rings. The minimum absolute atomic E-state index is 0.0465. The molecule has 0 heterocycles. The maximum atomic E-state index is 12.2. The maximum Gasteiger partial charge on any atom is 0.322 e. The van der Waals surface area contributed by atoms with Gasteiger partial charge in [0, 0.05) is 16.8 Å². The van der Waals surface area contributed by atoms with Crippen LogP contribution in [0.25, 0.3) is 0 Å². The molecule has 4 heteroatoms. The Kier molecular flexibility index (Phi) is 4.15. The van der Waals surface area contributed by atoms with Crippen molar-refractivity contribution >= 4 is 17.4 Å². The molecule has 0 saturated heterocycles. The third-order valence-corrected chi connectivity index (χ3v) is 2.90. The Labute approximate surface area is 117 Å². The van der Waals surface area contributed by atoms with Gasteiger partial charge in [-0.05, 0) is 31.2 Å². The highest BCUT2D eigenvalue weighted by Gasteiger charge is 2.08. The normalized spacial score (nSPS) is 10.1. The summed E-state index contributed by atoms with van der Waals surface area (Å²) >= 11 is 0. The van der Waals surface area contributed by atoms with E-state index in [-0.39, 0.29) is 12.3 Å². The molecule has 2 rings (SSSR count). The summed E-state index contributed by atoms with van der Waals surface area (Å²) in [5.41, 5.74) is 3.00. The van der Waals surface area contributed by atoms with Gasteiger partial charge in [-0.1, -0.05) is 29.8 Å². The van der Waals surface area contributed by atoms with Crippen LogP contribution in [0.2, 0.25) is 0 Å². The molecular formula is C16H15NO3. The van der Waals surface area contributed by atoms with Crippen LogP contribution in [-0.4, -0.2) is 23.4 Å². The fraction of sp³-hybridized carbons (Fsp3) is 0.125. The van der Waals surface area contributed by atoms with E-state index in [1.54, 1.807) is 36.4 Å². The highest BCUT2D eigenvalue weighted by Crippen LogP contribution is 2.14. The van der Waals surface area contributed by atoms with E-state index in [1.807, 2.05) is 19.1 Å². The van der Waals surface area contributed by atoms with Crippen molar-refractivity contribution < 1.29 is 14.7 Å². The molecule has 0 spiro atoms. The van der Waals surface area contributed by atoms with Crippen molar-refractivity contribution in [2.24, 2.45) is 0 Å². The van der Waals surface area contributed by atoms with Crippen LogP contribution < -0.4 is 5.32 Å². The van der Waals surface area contributed by atoms with Gasteiger partial charge >= 0.3 is 5.97 Å². The average molecular weight is 269 g/mol. The molecule has 102 valence electrons. The van der Waals surface area contributed by atoms with E-state index in [0.717, 1.165) is 5.56 Å². The highest BCUT2D eigenvalue weighted by atomic mass is 16.4. The lowest BCUT2D eigenvalue weighted by Crippen LogP contribution is -2.12. The number of carbonyl (C=O) groups is 2. The van der Waals surface area contributed by atoms with E-state index in [9.17, 15) is 9.59 Å². The summed E-state index contributed by atoms with van der Waals surface area (Å²) in [5.74, 6) is -0.973. The molecule has 0 aliphatic carbocycles. The largest absolute Gasteiger partial charge is 0.480 e. The number of carboxylic acids is 1. The van der Waals surface area contributed by atoms with Crippen LogP contribution >= 0.6 is 0 Å². The molecule has 2 aromatic carbocycles. The molecule has 0 aromatic heterocycles. The van der Waals surface area contributed by atoms with Crippen molar-refractivity contribution in [3.8, 4) is 0 Å². The van der Waals surface area contributed by atoms with Crippen LogP contribution in [0.5, 0.6) is 0 Å². The summed E-state index contributed by atoms with van der Waals surface area (Å²) in [6.07, 6.45) is 0. The van der Waals surface area contributed by atoms with E-state index in [4.69, 9.17) is 5.11 Å². The van der Waals surface area contributed by atoms with Crippen molar-refractivity contribution in [3.05, 3.63) is 65.2 Å². The standard InChI is InChI=1S/C16H15NO3/c1-11-2-4-12(5-3-11)16(20)13-6-8-14(9-7-13)17-10-15(18)19/h2-9,17H,10H2,1H3,(H,18,19). The quantitative estimate of drug-likeness (QED) is 0.819. The summed E-state index contributed by atoms with van der Waals surface area (Å²) in [7, 11) is 0. The lowest BCUT2D eigenvalue weighted by Gasteiger charge is -2.05. The zero-order chi connectivity index (χ0) is 14.5. The van der Waals surface area contributed by atoms with Gasteiger partial charge in [-0.15, -0.1) is 0 Å². The lowest BCUT2D eigenvalue weighted by atomic mass is 10.0.